The molecular formula is C12H16ClF2NO3. The van der Waals surface area contributed by atoms with Crippen LogP contribution in [0.5, 0.6) is 5.75 Å². The molecule has 0 amide bonds. The summed E-state index contributed by atoms with van der Waals surface area (Å²) in [5.74, 6) is -2.69. The van der Waals surface area contributed by atoms with Crippen molar-refractivity contribution in [3.8, 4) is 5.75 Å². The Kier molecular flexibility index (Phi) is 6.44. The number of hydrogen-bond acceptors (Lipinski definition) is 4. The smallest absolute Gasteiger partial charge is 0.282 e. The zero-order valence-corrected chi connectivity index (χ0v) is 10.9. The molecule has 0 heterocycles. The normalized spacial score (nSPS) is 13.3. The summed E-state index contributed by atoms with van der Waals surface area (Å²) in [5, 5.41) is 20.7. The fourth-order valence-electron chi connectivity index (χ4n) is 1.29. The van der Waals surface area contributed by atoms with Gasteiger partial charge in [0.05, 0.1) is 6.54 Å². The number of hydrogen-bond donors (Lipinski definition) is 3. The fraction of sp³-hybridized carbons (Fsp3) is 0.500. The SMILES string of the molecule is OCC(F)(F)CNCC(O)COc1cccc(Cl)c1. The number of nitrogens with one attached hydrogen (secondary N) is 1. The number of alkyl halides is 2. The van der Waals surface area contributed by atoms with Crippen LogP contribution in [0.25, 0.3) is 0 Å². The molecule has 0 radical (unpaired) electrons. The van der Waals surface area contributed by atoms with Gasteiger partial charge in [-0.25, -0.2) is 8.78 Å². The molecule has 1 aromatic rings. The van der Waals surface area contributed by atoms with Gasteiger partial charge < -0.3 is 20.3 Å². The lowest BCUT2D eigenvalue weighted by Gasteiger charge is -2.17. The minimum Gasteiger partial charge on any atom is -0.491 e. The molecule has 4 nitrogen and oxygen atoms in total. The van der Waals surface area contributed by atoms with Crippen LogP contribution in [0.4, 0.5) is 8.78 Å². The molecule has 0 bridgehead atoms. The highest BCUT2D eigenvalue weighted by molar-refractivity contribution is 6.30. The molecule has 1 rings (SSSR count). The standard InChI is InChI=1S/C12H16ClF2NO3/c13-9-2-1-3-11(4-9)19-6-10(18)5-16-7-12(14,15)8-17/h1-4,10,16-18H,5-8H2. The lowest BCUT2D eigenvalue weighted by atomic mass is 10.3. The number of ether oxygens (including phenoxy) is 1. The monoisotopic (exact) mass is 295 g/mol. The number of rotatable bonds is 8. The Morgan fingerprint density at radius 2 is 2.16 bits per heavy atom. The molecule has 0 saturated heterocycles. The predicted octanol–water partition coefficient (Wildman–Crippen LogP) is 1.30. The van der Waals surface area contributed by atoms with Crippen LogP contribution in [0.2, 0.25) is 5.02 Å². The maximum atomic E-state index is 12.7. The number of halogens is 3. The Morgan fingerprint density at radius 3 is 2.79 bits per heavy atom. The van der Waals surface area contributed by atoms with Gasteiger partial charge in [-0.3, -0.25) is 0 Å². The first-order valence-electron chi connectivity index (χ1n) is 5.69. The highest BCUT2D eigenvalue weighted by atomic mass is 35.5. The van der Waals surface area contributed by atoms with Crippen LogP contribution < -0.4 is 10.1 Å². The molecule has 1 aromatic carbocycles. The van der Waals surface area contributed by atoms with E-state index >= 15 is 0 Å². The van der Waals surface area contributed by atoms with Crippen molar-refractivity contribution in [3.63, 3.8) is 0 Å². The molecule has 1 atom stereocenters. The minimum atomic E-state index is -3.19. The van der Waals surface area contributed by atoms with E-state index < -0.39 is 25.2 Å². The third kappa shape index (κ3) is 6.68. The quantitative estimate of drug-likeness (QED) is 0.676. The molecule has 0 spiro atoms. The van der Waals surface area contributed by atoms with E-state index in [0.29, 0.717) is 10.8 Å². The third-order valence-corrected chi connectivity index (χ3v) is 2.47. The molecule has 0 aliphatic rings. The van der Waals surface area contributed by atoms with Gasteiger partial charge in [-0.15, -0.1) is 0 Å². The molecule has 0 aliphatic heterocycles. The summed E-state index contributed by atoms with van der Waals surface area (Å²) in [6, 6.07) is 6.64. The maximum absolute atomic E-state index is 12.7. The summed E-state index contributed by atoms with van der Waals surface area (Å²) in [5.41, 5.74) is 0. The highest BCUT2D eigenvalue weighted by Crippen LogP contribution is 2.17. The van der Waals surface area contributed by atoms with Crippen molar-refractivity contribution in [2.24, 2.45) is 0 Å². The summed E-state index contributed by atoms with van der Waals surface area (Å²) in [6.45, 7) is -2.03. The maximum Gasteiger partial charge on any atom is 0.282 e. The van der Waals surface area contributed by atoms with Crippen LogP contribution in [-0.4, -0.2) is 48.5 Å². The second kappa shape index (κ2) is 7.59. The van der Waals surface area contributed by atoms with Crippen LogP contribution in [0.15, 0.2) is 24.3 Å². The Bertz CT molecular complexity index is 393. The number of aliphatic hydroxyl groups excluding tert-OH is 2. The van der Waals surface area contributed by atoms with Crippen molar-refractivity contribution in [2.45, 2.75) is 12.0 Å². The van der Waals surface area contributed by atoms with Gasteiger partial charge in [0.2, 0.25) is 0 Å². The number of aliphatic hydroxyl groups is 2. The van der Waals surface area contributed by atoms with E-state index in [1.54, 1.807) is 24.3 Å². The van der Waals surface area contributed by atoms with E-state index in [0.717, 1.165) is 0 Å². The van der Waals surface area contributed by atoms with Crippen molar-refractivity contribution in [1.29, 1.82) is 0 Å². The van der Waals surface area contributed by atoms with Crippen molar-refractivity contribution in [1.82, 2.24) is 5.32 Å². The summed E-state index contributed by atoms with van der Waals surface area (Å²) >= 11 is 5.75. The lowest BCUT2D eigenvalue weighted by Crippen LogP contribution is -2.40. The Morgan fingerprint density at radius 1 is 1.42 bits per heavy atom. The topological polar surface area (TPSA) is 61.7 Å². The van der Waals surface area contributed by atoms with Crippen molar-refractivity contribution in [3.05, 3.63) is 29.3 Å². The zero-order valence-electron chi connectivity index (χ0n) is 10.2. The van der Waals surface area contributed by atoms with Gasteiger partial charge in [0, 0.05) is 11.6 Å². The van der Waals surface area contributed by atoms with E-state index in [1.807, 2.05) is 0 Å². The molecule has 0 aliphatic carbocycles. The van der Waals surface area contributed by atoms with E-state index in [2.05, 4.69) is 5.32 Å². The highest BCUT2D eigenvalue weighted by Gasteiger charge is 2.27. The Labute approximate surface area is 115 Å². The molecule has 0 saturated carbocycles. The van der Waals surface area contributed by atoms with Gasteiger partial charge >= 0.3 is 0 Å². The summed E-state index contributed by atoms with van der Waals surface area (Å²) < 4.78 is 30.6. The van der Waals surface area contributed by atoms with E-state index in [-0.39, 0.29) is 13.2 Å². The number of benzene rings is 1. The first-order valence-corrected chi connectivity index (χ1v) is 6.06. The Balaban J connectivity index is 2.23. The van der Waals surface area contributed by atoms with Crippen LogP contribution in [0, 0.1) is 0 Å². The van der Waals surface area contributed by atoms with E-state index in [4.69, 9.17) is 21.4 Å². The van der Waals surface area contributed by atoms with E-state index in [9.17, 15) is 13.9 Å². The van der Waals surface area contributed by atoms with Crippen LogP contribution >= 0.6 is 11.6 Å². The third-order valence-electron chi connectivity index (χ3n) is 2.23. The fourth-order valence-corrected chi connectivity index (χ4v) is 1.47. The first-order chi connectivity index (χ1) is 8.93. The molecular weight excluding hydrogens is 280 g/mol. The molecule has 7 heteroatoms. The molecule has 0 aromatic heterocycles. The van der Waals surface area contributed by atoms with Gasteiger partial charge in [-0.1, -0.05) is 17.7 Å². The van der Waals surface area contributed by atoms with Gasteiger partial charge in [-0.2, -0.15) is 0 Å². The van der Waals surface area contributed by atoms with Crippen LogP contribution in [-0.2, 0) is 0 Å². The van der Waals surface area contributed by atoms with Crippen LogP contribution in [0.3, 0.4) is 0 Å². The van der Waals surface area contributed by atoms with Gasteiger partial charge in [-0.05, 0) is 18.2 Å². The first kappa shape index (κ1) is 16.1. The lowest BCUT2D eigenvalue weighted by molar-refractivity contribution is -0.0493. The minimum absolute atomic E-state index is 0.0436. The second-order valence-corrected chi connectivity index (χ2v) is 4.50. The van der Waals surface area contributed by atoms with Crippen molar-refractivity contribution < 1.29 is 23.7 Å². The molecule has 1 unspecified atom stereocenters. The average Bonchev–Trinajstić information content (AvgIpc) is 2.36. The average molecular weight is 296 g/mol. The van der Waals surface area contributed by atoms with Crippen molar-refractivity contribution in [2.75, 3.05) is 26.3 Å². The van der Waals surface area contributed by atoms with Gasteiger partial charge in [0.15, 0.2) is 0 Å². The predicted molar refractivity (Wildman–Crippen MR) is 67.9 cm³/mol. The molecule has 3 N–H and O–H groups in total. The van der Waals surface area contributed by atoms with Gasteiger partial charge in [0.1, 0.15) is 25.1 Å². The molecule has 19 heavy (non-hydrogen) atoms. The Hall–Kier alpha value is -0.950. The summed E-state index contributed by atoms with van der Waals surface area (Å²) in [6.07, 6.45) is -0.937. The van der Waals surface area contributed by atoms with Crippen LogP contribution in [0.1, 0.15) is 0 Å². The molecule has 108 valence electrons. The summed E-state index contributed by atoms with van der Waals surface area (Å²) in [4.78, 5) is 0. The molecule has 0 fully saturated rings. The van der Waals surface area contributed by atoms with Gasteiger partial charge in [0.25, 0.3) is 5.92 Å². The van der Waals surface area contributed by atoms with E-state index in [1.165, 1.54) is 0 Å². The largest absolute Gasteiger partial charge is 0.491 e. The van der Waals surface area contributed by atoms with Crippen molar-refractivity contribution >= 4 is 11.6 Å². The zero-order chi connectivity index (χ0) is 14.3. The second-order valence-electron chi connectivity index (χ2n) is 4.07. The summed E-state index contributed by atoms with van der Waals surface area (Å²) in [7, 11) is 0.